The molecule has 1 fully saturated rings. The Hall–Kier alpha value is -2.10. The van der Waals surface area contributed by atoms with Gasteiger partial charge in [0.2, 0.25) is 16.8 Å². The summed E-state index contributed by atoms with van der Waals surface area (Å²) in [5, 5.41) is 0. The van der Waals surface area contributed by atoms with Crippen LogP contribution in [0.3, 0.4) is 0 Å². The van der Waals surface area contributed by atoms with Crippen molar-refractivity contribution in [1.82, 2.24) is 13.9 Å². The molecule has 0 amide bonds. The van der Waals surface area contributed by atoms with Crippen molar-refractivity contribution in [3.63, 3.8) is 0 Å². The molecule has 1 aromatic heterocycles. The zero-order valence-electron chi connectivity index (χ0n) is 14.7. The van der Waals surface area contributed by atoms with Crippen LogP contribution in [0.25, 0.3) is 11.4 Å². The Balaban J connectivity index is 1.64. The molecule has 0 radical (unpaired) electrons. The number of rotatable bonds is 5. The van der Waals surface area contributed by atoms with Crippen molar-refractivity contribution in [3.05, 3.63) is 30.6 Å². The molecule has 1 aromatic carbocycles. The molecule has 0 aliphatic carbocycles. The van der Waals surface area contributed by atoms with Crippen LogP contribution in [0.1, 0.15) is 6.04 Å². The number of imidazole rings is 1. The Bertz CT molecular complexity index is 909. The minimum absolute atomic E-state index is 0.0451. The van der Waals surface area contributed by atoms with Gasteiger partial charge in [-0.1, -0.05) is 0 Å². The van der Waals surface area contributed by atoms with E-state index in [0.717, 1.165) is 11.4 Å². The average Bonchev–Trinajstić information content (AvgIpc) is 3.33. The number of fused-ring (bicyclic) bond motifs is 1. The first-order chi connectivity index (χ1) is 12.5. The van der Waals surface area contributed by atoms with Crippen LogP contribution in [0, 0.1) is 5.92 Å². The van der Waals surface area contributed by atoms with E-state index in [1.807, 2.05) is 29.0 Å². The van der Waals surface area contributed by atoms with E-state index in [0.29, 0.717) is 24.7 Å². The fourth-order valence-electron chi connectivity index (χ4n) is 3.31. The number of aromatic nitrogens is 2. The Labute approximate surface area is 152 Å². The molecular formula is C17H21N3O5S. The van der Waals surface area contributed by atoms with Crippen molar-refractivity contribution in [2.45, 2.75) is 6.04 Å². The highest BCUT2D eigenvalue weighted by Crippen LogP contribution is 2.37. The first-order valence-corrected chi connectivity index (χ1v) is 9.97. The average molecular weight is 379 g/mol. The third-order valence-electron chi connectivity index (χ3n) is 4.80. The Morgan fingerprint density at radius 3 is 2.85 bits per heavy atom. The fraction of sp³-hybridized carbons (Fsp3) is 0.471. The highest BCUT2D eigenvalue weighted by Gasteiger charge is 2.35. The summed E-state index contributed by atoms with van der Waals surface area (Å²) in [5.74, 6) is 2.07. The van der Waals surface area contributed by atoms with Gasteiger partial charge in [-0.15, -0.1) is 0 Å². The van der Waals surface area contributed by atoms with Crippen LogP contribution in [0.5, 0.6) is 11.5 Å². The van der Waals surface area contributed by atoms with Gasteiger partial charge in [-0.25, -0.2) is 17.7 Å². The summed E-state index contributed by atoms with van der Waals surface area (Å²) in [6.45, 7) is 1.09. The van der Waals surface area contributed by atoms with Crippen molar-refractivity contribution in [1.29, 1.82) is 0 Å². The van der Waals surface area contributed by atoms with Crippen LogP contribution in [-0.4, -0.2) is 62.1 Å². The fourth-order valence-corrected chi connectivity index (χ4v) is 4.47. The summed E-state index contributed by atoms with van der Waals surface area (Å²) < 4.78 is 44.3. The molecule has 4 rings (SSSR count). The third-order valence-corrected chi connectivity index (χ3v) is 6.76. The summed E-state index contributed by atoms with van der Waals surface area (Å²) in [6, 6.07) is 5.58. The molecule has 140 valence electrons. The molecule has 8 nitrogen and oxygen atoms in total. The smallest absolute Gasteiger partial charge is 0.231 e. The lowest BCUT2D eigenvalue weighted by atomic mass is 10.1. The first-order valence-electron chi connectivity index (χ1n) is 8.36. The summed E-state index contributed by atoms with van der Waals surface area (Å²) in [4.78, 5) is 4.47. The summed E-state index contributed by atoms with van der Waals surface area (Å²) in [5.41, 5.74) is 0.889. The summed E-state index contributed by atoms with van der Waals surface area (Å²) in [7, 11) is -0.206. The lowest BCUT2D eigenvalue weighted by molar-refractivity contribution is 0.174. The number of sulfonamides is 1. The van der Waals surface area contributed by atoms with Gasteiger partial charge in [0.15, 0.2) is 11.5 Å². The number of hydrogen-bond donors (Lipinski definition) is 0. The van der Waals surface area contributed by atoms with Gasteiger partial charge in [-0.3, -0.25) is 0 Å². The van der Waals surface area contributed by atoms with Gasteiger partial charge < -0.3 is 18.8 Å². The van der Waals surface area contributed by atoms with Gasteiger partial charge in [-0.05, 0) is 18.2 Å². The van der Waals surface area contributed by atoms with E-state index in [1.54, 1.807) is 20.3 Å². The molecule has 3 heterocycles. The topological polar surface area (TPSA) is 82.9 Å². The molecule has 26 heavy (non-hydrogen) atoms. The van der Waals surface area contributed by atoms with Crippen LogP contribution in [-0.2, 0) is 14.8 Å². The number of ether oxygens (including phenoxy) is 3. The van der Waals surface area contributed by atoms with Crippen LogP contribution in [0.2, 0.25) is 0 Å². The van der Waals surface area contributed by atoms with Gasteiger partial charge >= 0.3 is 0 Å². The predicted octanol–water partition coefficient (Wildman–Crippen LogP) is 1.36. The zero-order chi connectivity index (χ0) is 18.3. The third kappa shape index (κ3) is 3.06. The molecule has 0 unspecified atom stereocenters. The molecular weight excluding hydrogens is 358 g/mol. The second-order valence-corrected chi connectivity index (χ2v) is 8.88. The molecule has 0 spiro atoms. The second-order valence-electron chi connectivity index (χ2n) is 6.65. The van der Waals surface area contributed by atoms with Gasteiger partial charge in [0.1, 0.15) is 5.82 Å². The van der Waals surface area contributed by atoms with E-state index in [4.69, 9.17) is 14.2 Å². The van der Waals surface area contributed by atoms with E-state index in [-0.39, 0.29) is 24.5 Å². The van der Waals surface area contributed by atoms with Crippen molar-refractivity contribution >= 4 is 10.0 Å². The minimum atomic E-state index is -3.31. The quantitative estimate of drug-likeness (QED) is 0.780. The second kappa shape index (κ2) is 6.57. The lowest BCUT2D eigenvalue weighted by Gasteiger charge is -2.22. The van der Waals surface area contributed by atoms with Gasteiger partial charge in [0.05, 0.1) is 25.0 Å². The van der Waals surface area contributed by atoms with Crippen LogP contribution in [0.4, 0.5) is 0 Å². The molecule has 1 saturated heterocycles. The monoisotopic (exact) mass is 379 g/mol. The van der Waals surface area contributed by atoms with E-state index >= 15 is 0 Å². The SMILES string of the molecule is CN(C)S(=O)(=O)C[C@H]1COC[C@H]1n1ccnc1-c1ccc2c(c1)OCO2. The summed E-state index contributed by atoms with van der Waals surface area (Å²) in [6.07, 6.45) is 3.59. The number of nitrogens with zero attached hydrogens (tertiary/aromatic N) is 3. The molecule has 0 saturated carbocycles. The highest BCUT2D eigenvalue weighted by atomic mass is 32.2. The molecule has 0 bridgehead atoms. The standard InChI is InChI=1S/C17H21N3O5S/c1-19(2)26(21,22)10-13-8-23-9-14(13)20-6-5-18-17(20)12-3-4-15-16(7-12)25-11-24-15/h3-7,13-14H,8-11H2,1-2H3/t13-,14-/m1/s1. The van der Waals surface area contributed by atoms with Gasteiger partial charge in [0.25, 0.3) is 0 Å². The van der Waals surface area contributed by atoms with Crippen molar-refractivity contribution < 1.29 is 22.6 Å². The van der Waals surface area contributed by atoms with Crippen molar-refractivity contribution in [3.8, 4) is 22.9 Å². The molecule has 2 atom stereocenters. The Kier molecular flexibility index (Phi) is 4.37. The van der Waals surface area contributed by atoms with Crippen molar-refractivity contribution in [2.75, 3.05) is 39.9 Å². The van der Waals surface area contributed by atoms with Gasteiger partial charge in [0, 0.05) is 38.0 Å². The predicted molar refractivity (Wildman–Crippen MR) is 94.6 cm³/mol. The highest BCUT2D eigenvalue weighted by molar-refractivity contribution is 7.89. The maximum absolute atomic E-state index is 12.3. The molecule has 0 N–H and O–H groups in total. The van der Waals surface area contributed by atoms with E-state index in [2.05, 4.69) is 4.98 Å². The maximum Gasteiger partial charge on any atom is 0.231 e. The molecule has 2 aliphatic rings. The maximum atomic E-state index is 12.3. The van der Waals surface area contributed by atoms with E-state index in [1.165, 1.54) is 4.31 Å². The van der Waals surface area contributed by atoms with Crippen LogP contribution >= 0.6 is 0 Å². The Morgan fingerprint density at radius 1 is 1.23 bits per heavy atom. The molecule has 2 aromatic rings. The van der Waals surface area contributed by atoms with Crippen LogP contribution < -0.4 is 9.47 Å². The van der Waals surface area contributed by atoms with Crippen LogP contribution in [0.15, 0.2) is 30.6 Å². The summed E-state index contributed by atoms with van der Waals surface area (Å²) >= 11 is 0. The zero-order valence-corrected chi connectivity index (χ0v) is 15.5. The lowest BCUT2D eigenvalue weighted by Crippen LogP contribution is -2.32. The molecule has 9 heteroatoms. The van der Waals surface area contributed by atoms with Gasteiger partial charge in [-0.2, -0.15) is 0 Å². The van der Waals surface area contributed by atoms with Crippen molar-refractivity contribution in [2.24, 2.45) is 5.92 Å². The first kappa shape index (κ1) is 17.3. The Morgan fingerprint density at radius 2 is 2.04 bits per heavy atom. The van der Waals surface area contributed by atoms with E-state index in [9.17, 15) is 8.42 Å². The van der Waals surface area contributed by atoms with E-state index < -0.39 is 10.0 Å². The number of benzene rings is 1. The number of hydrogen-bond acceptors (Lipinski definition) is 6. The largest absolute Gasteiger partial charge is 0.454 e. The normalized spacial score (nSPS) is 22.3. The minimum Gasteiger partial charge on any atom is -0.454 e. The molecule has 2 aliphatic heterocycles.